The lowest BCUT2D eigenvalue weighted by molar-refractivity contribution is 0.00757. The molecule has 1 unspecified atom stereocenters. The summed E-state index contributed by atoms with van der Waals surface area (Å²) in [4.78, 5) is 0. The highest BCUT2D eigenvalue weighted by atomic mass is 16.5. The molecule has 2 aromatic carbocycles. The van der Waals surface area contributed by atoms with Gasteiger partial charge in [0.15, 0.2) is 0 Å². The van der Waals surface area contributed by atoms with Gasteiger partial charge in [0.1, 0.15) is 18.0 Å². The number of benzene rings is 2. The van der Waals surface area contributed by atoms with Crippen molar-refractivity contribution in [2.75, 3.05) is 6.61 Å². The zero-order chi connectivity index (χ0) is 14.9. The lowest BCUT2D eigenvalue weighted by Gasteiger charge is -2.24. The molecular formula is C18H20O3. The van der Waals surface area contributed by atoms with Crippen molar-refractivity contribution >= 4 is 0 Å². The Balaban J connectivity index is 1.71. The van der Waals surface area contributed by atoms with Gasteiger partial charge < -0.3 is 14.9 Å². The minimum absolute atomic E-state index is 0.193. The first-order valence-corrected chi connectivity index (χ1v) is 7.28. The van der Waals surface area contributed by atoms with Crippen LogP contribution in [0.2, 0.25) is 0 Å². The highest BCUT2D eigenvalue weighted by Crippen LogP contribution is 2.33. The van der Waals surface area contributed by atoms with E-state index < -0.39 is 5.60 Å². The van der Waals surface area contributed by atoms with Crippen LogP contribution in [0.5, 0.6) is 5.75 Å². The van der Waals surface area contributed by atoms with Crippen LogP contribution in [-0.2, 0) is 12.0 Å². The largest absolute Gasteiger partial charge is 0.490 e. The number of aliphatic hydroxyl groups is 2. The number of rotatable bonds is 4. The van der Waals surface area contributed by atoms with Crippen LogP contribution < -0.4 is 4.74 Å². The topological polar surface area (TPSA) is 49.7 Å². The molecule has 0 heterocycles. The van der Waals surface area contributed by atoms with E-state index in [-0.39, 0.29) is 12.7 Å². The van der Waals surface area contributed by atoms with Crippen LogP contribution in [0, 0.1) is 0 Å². The first-order valence-electron chi connectivity index (χ1n) is 7.28. The molecule has 0 fully saturated rings. The Morgan fingerprint density at radius 3 is 2.71 bits per heavy atom. The quantitative estimate of drug-likeness (QED) is 0.907. The number of fused-ring (bicyclic) bond motifs is 1. The maximum Gasteiger partial charge on any atom is 0.121 e. The van der Waals surface area contributed by atoms with Crippen LogP contribution >= 0.6 is 0 Å². The molecule has 0 aromatic heterocycles. The molecule has 2 atom stereocenters. The molecule has 0 saturated carbocycles. The van der Waals surface area contributed by atoms with Crippen molar-refractivity contribution in [3.63, 3.8) is 0 Å². The highest BCUT2D eigenvalue weighted by molar-refractivity contribution is 5.40. The van der Waals surface area contributed by atoms with Crippen LogP contribution in [0.1, 0.15) is 36.1 Å². The second kappa shape index (κ2) is 5.51. The fourth-order valence-corrected chi connectivity index (χ4v) is 2.77. The fourth-order valence-electron chi connectivity index (χ4n) is 2.77. The van der Waals surface area contributed by atoms with Gasteiger partial charge >= 0.3 is 0 Å². The van der Waals surface area contributed by atoms with Crippen molar-refractivity contribution in [1.29, 1.82) is 0 Å². The molecule has 0 saturated heterocycles. The van der Waals surface area contributed by atoms with Crippen LogP contribution in [-0.4, -0.2) is 16.8 Å². The van der Waals surface area contributed by atoms with Crippen molar-refractivity contribution < 1.29 is 14.9 Å². The van der Waals surface area contributed by atoms with Crippen molar-refractivity contribution in [3.8, 4) is 5.75 Å². The molecule has 3 heteroatoms. The van der Waals surface area contributed by atoms with Gasteiger partial charge in [0, 0.05) is 0 Å². The standard InChI is InChI=1S/C18H20O3/c1-18(20,14-5-3-2-4-6-14)12-21-15-8-9-16-13(11-15)7-10-17(16)19/h2-6,8-9,11,17,19-20H,7,10,12H2,1H3/t17-,18?/m1/s1. The second-order valence-electron chi connectivity index (χ2n) is 5.84. The molecule has 3 rings (SSSR count). The molecular weight excluding hydrogens is 264 g/mol. The molecule has 2 aromatic rings. The summed E-state index contributed by atoms with van der Waals surface area (Å²) in [5.41, 5.74) is 1.94. The zero-order valence-electron chi connectivity index (χ0n) is 12.1. The molecule has 0 spiro atoms. The predicted molar refractivity (Wildman–Crippen MR) is 81.2 cm³/mol. The van der Waals surface area contributed by atoms with Gasteiger partial charge in [-0.1, -0.05) is 36.4 Å². The van der Waals surface area contributed by atoms with E-state index in [2.05, 4.69) is 0 Å². The summed E-state index contributed by atoms with van der Waals surface area (Å²) in [5, 5.41) is 20.3. The summed E-state index contributed by atoms with van der Waals surface area (Å²) < 4.78 is 5.75. The van der Waals surface area contributed by atoms with Gasteiger partial charge in [-0.2, -0.15) is 0 Å². The third kappa shape index (κ3) is 2.94. The van der Waals surface area contributed by atoms with Crippen molar-refractivity contribution in [2.45, 2.75) is 31.5 Å². The normalized spacial score (nSPS) is 19.9. The third-order valence-corrected chi connectivity index (χ3v) is 4.08. The summed E-state index contributed by atoms with van der Waals surface area (Å²) in [7, 11) is 0. The first kappa shape index (κ1) is 14.1. The Morgan fingerprint density at radius 2 is 1.95 bits per heavy atom. The van der Waals surface area contributed by atoms with Crippen LogP contribution in [0.4, 0.5) is 0 Å². The van der Waals surface area contributed by atoms with E-state index in [1.807, 2.05) is 48.5 Å². The van der Waals surface area contributed by atoms with Crippen molar-refractivity contribution in [3.05, 3.63) is 65.2 Å². The molecule has 1 aliphatic carbocycles. The summed E-state index contributed by atoms with van der Waals surface area (Å²) in [6, 6.07) is 15.2. The van der Waals surface area contributed by atoms with E-state index in [9.17, 15) is 10.2 Å². The summed E-state index contributed by atoms with van der Waals surface area (Å²) in [6.45, 7) is 1.94. The van der Waals surface area contributed by atoms with E-state index >= 15 is 0 Å². The molecule has 21 heavy (non-hydrogen) atoms. The van der Waals surface area contributed by atoms with Gasteiger partial charge in [-0.3, -0.25) is 0 Å². The van der Waals surface area contributed by atoms with Crippen LogP contribution in [0.3, 0.4) is 0 Å². The number of aliphatic hydroxyl groups excluding tert-OH is 1. The Hall–Kier alpha value is -1.84. The van der Waals surface area contributed by atoms with Gasteiger partial charge in [-0.25, -0.2) is 0 Å². The summed E-state index contributed by atoms with van der Waals surface area (Å²) in [6.07, 6.45) is 1.31. The SMILES string of the molecule is CC(O)(COc1ccc2c(c1)CC[C@H]2O)c1ccccc1. The van der Waals surface area contributed by atoms with Crippen LogP contribution in [0.15, 0.2) is 48.5 Å². The lowest BCUT2D eigenvalue weighted by atomic mass is 9.97. The maximum absolute atomic E-state index is 10.5. The van der Waals surface area contributed by atoms with E-state index in [0.29, 0.717) is 0 Å². The third-order valence-electron chi connectivity index (χ3n) is 4.08. The van der Waals surface area contributed by atoms with Crippen molar-refractivity contribution in [1.82, 2.24) is 0 Å². The van der Waals surface area contributed by atoms with E-state index in [1.165, 1.54) is 0 Å². The summed E-state index contributed by atoms with van der Waals surface area (Å²) in [5.74, 6) is 0.735. The zero-order valence-corrected chi connectivity index (χ0v) is 12.1. The Morgan fingerprint density at radius 1 is 1.19 bits per heavy atom. The second-order valence-corrected chi connectivity index (χ2v) is 5.84. The van der Waals surface area contributed by atoms with Gasteiger partial charge in [-0.05, 0) is 48.6 Å². The molecule has 0 radical (unpaired) electrons. The minimum atomic E-state index is -1.03. The van der Waals surface area contributed by atoms with Gasteiger partial charge in [0.25, 0.3) is 0 Å². The number of aryl methyl sites for hydroxylation is 1. The maximum atomic E-state index is 10.5. The molecule has 0 amide bonds. The van der Waals surface area contributed by atoms with Crippen LogP contribution in [0.25, 0.3) is 0 Å². The monoisotopic (exact) mass is 284 g/mol. The summed E-state index contributed by atoms with van der Waals surface area (Å²) >= 11 is 0. The average molecular weight is 284 g/mol. The Kier molecular flexibility index (Phi) is 3.70. The lowest BCUT2D eigenvalue weighted by Crippen LogP contribution is -2.29. The Labute approximate surface area is 124 Å². The van der Waals surface area contributed by atoms with E-state index in [0.717, 1.165) is 35.3 Å². The predicted octanol–water partition coefficient (Wildman–Crippen LogP) is 2.95. The fraction of sp³-hybridized carbons (Fsp3) is 0.333. The highest BCUT2D eigenvalue weighted by Gasteiger charge is 2.25. The number of hydrogen-bond acceptors (Lipinski definition) is 3. The first-order chi connectivity index (χ1) is 10.1. The molecule has 110 valence electrons. The smallest absolute Gasteiger partial charge is 0.121 e. The van der Waals surface area contributed by atoms with E-state index in [1.54, 1.807) is 6.92 Å². The molecule has 1 aliphatic rings. The Bertz CT molecular complexity index is 620. The average Bonchev–Trinajstić information content (AvgIpc) is 2.87. The molecule has 0 bridgehead atoms. The minimum Gasteiger partial charge on any atom is -0.490 e. The van der Waals surface area contributed by atoms with E-state index in [4.69, 9.17) is 4.74 Å². The number of hydrogen-bond donors (Lipinski definition) is 2. The van der Waals surface area contributed by atoms with Gasteiger partial charge in [-0.15, -0.1) is 0 Å². The number of ether oxygens (including phenoxy) is 1. The molecule has 0 aliphatic heterocycles. The van der Waals surface area contributed by atoms with Crippen molar-refractivity contribution in [2.24, 2.45) is 0 Å². The molecule has 2 N–H and O–H groups in total. The molecule has 3 nitrogen and oxygen atoms in total. The van der Waals surface area contributed by atoms with Gasteiger partial charge in [0.2, 0.25) is 0 Å². The van der Waals surface area contributed by atoms with Gasteiger partial charge in [0.05, 0.1) is 6.10 Å².